The van der Waals surface area contributed by atoms with Crippen molar-refractivity contribution in [1.82, 2.24) is 4.90 Å². The molecule has 0 unspecified atom stereocenters. The molecule has 0 bridgehead atoms. The van der Waals surface area contributed by atoms with Crippen molar-refractivity contribution >= 4 is 21.8 Å². The zero-order valence-corrected chi connectivity index (χ0v) is 8.02. The predicted molar refractivity (Wildman–Crippen MR) is 49.4 cm³/mol. The minimum Gasteiger partial charge on any atom is -0.331 e. The molecular weight excluding hydrogens is 206 g/mol. The van der Waals surface area contributed by atoms with E-state index >= 15 is 0 Å². The monoisotopic (exact) mass is 215 g/mol. The third-order valence-electron chi connectivity index (χ3n) is 1.14. The van der Waals surface area contributed by atoms with Crippen LogP contribution in [0, 0.1) is 12.3 Å². The van der Waals surface area contributed by atoms with E-state index in [1.807, 2.05) is 0 Å². The highest BCUT2D eigenvalue weighted by Crippen LogP contribution is 2.00. The molecule has 60 valence electrons. The number of terminal acetylenes is 1. The molecule has 0 aliphatic rings. The topological polar surface area (TPSA) is 20.3 Å². The lowest BCUT2D eigenvalue weighted by Gasteiger charge is -2.13. The molecule has 0 radical (unpaired) electrons. The van der Waals surface area contributed by atoms with Gasteiger partial charge in [-0.1, -0.05) is 28.4 Å². The van der Waals surface area contributed by atoms with E-state index < -0.39 is 0 Å². The zero-order chi connectivity index (χ0) is 8.85. The third kappa shape index (κ3) is 3.24. The maximum Gasteiger partial charge on any atom is 0.250 e. The molecule has 0 saturated carbocycles. The molecule has 0 atom stereocenters. The van der Waals surface area contributed by atoms with Crippen LogP contribution in [0.1, 0.15) is 0 Å². The van der Waals surface area contributed by atoms with Crippen molar-refractivity contribution in [2.75, 3.05) is 18.9 Å². The Morgan fingerprint density at radius 3 is 2.73 bits per heavy atom. The molecule has 0 rings (SSSR count). The van der Waals surface area contributed by atoms with E-state index in [-0.39, 0.29) is 5.91 Å². The van der Waals surface area contributed by atoms with E-state index in [0.29, 0.717) is 17.4 Å². The van der Waals surface area contributed by atoms with Gasteiger partial charge >= 0.3 is 0 Å². The molecule has 0 aromatic heterocycles. The highest BCUT2D eigenvalue weighted by atomic mass is 79.9. The van der Waals surface area contributed by atoms with Gasteiger partial charge in [-0.2, -0.15) is 0 Å². The van der Waals surface area contributed by atoms with Crippen LogP contribution >= 0.6 is 15.9 Å². The summed E-state index contributed by atoms with van der Waals surface area (Å²) in [5.41, 5.74) is 0.516. The van der Waals surface area contributed by atoms with Crippen LogP contribution in [0.25, 0.3) is 0 Å². The number of hydrogen-bond acceptors (Lipinski definition) is 1. The summed E-state index contributed by atoms with van der Waals surface area (Å²) in [5, 5.41) is 0.487. The van der Waals surface area contributed by atoms with Gasteiger partial charge in [0.25, 0.3) is 5.91 Å². The summed E-state index contributed by atoms with van der Waals surface area (Å²) in [6.07, 6.45) is 5.02. The van der Waals surface area contributed by atoms with Gasteiger partial charge in [0.15, 0.2) is 0 Å². The highest BCUT2D eigenvalue weighted by molar-refractivity contribution is 9.09. The predicted octanol–water partition coefficient (Wildman–Crippen LogP) is 1.03. The van der Waals surface area contributed by atoms with Crippen molar-refractivity contribution in [3.63, 3.8) is 0 Å². The first kappa shape index (κ1) is 10.2. The Bertz CT molecular complexity index is 205. The second kappa shape index (κ2) is 4.97. The van der Waals surface area contributed by atoms with E-state index in [1.54, 1.807) is 7.05 Å². The fraction of sp³-hybridized carbons (Fsp3) is 0.375. The summed E-state index contributed by atoms with van der Waals surface area (Å²) in [7, 11) is 1.65. The quantitative estimate of drug-likeness (QED) is 0.392. The molecule has 0 aromatic rings. The highest BCUT2D eigenvalue weighted by Gasteiger charge is 2.09. The van der Waals surface area contributed by atoms with Crippen molar-refractivity contribution in [1.29, 1.82) is 0 Å². The Labute approximate surface area is 75.4 Å². The maximum atomic E-state index is 11.2. The minimum atomic E-state index is -0.111. The molecule has 0 fully saturated rings. The molecule has 3 heteroatoms. The smallest absolute Gasteiger partial charge is 0.250 e. The lowest BCUT2D eigenvalue weighted by atomic mass is 10.3. The van der Waals surface area contributed by atoms with Crippen molar-refractivity contribution < 1.29 is 4.79 Å². The molecule has 0 spiro atoms. The molecule has 0 heterocycles. The SMILES string of the molecule is C#CCN(C)C(=O)C(=C)CBr. The number of hydrogen-bond donors (Lipinski definition) is 0. The number of halogens is 1. The number of rotatable bonds is 3. The molecule has 1 amide bonds. The Morgan fingerprint density at radius 2 is 2.36 bits per heavy atom. The fourth-order valence-corrected chi connectivity index (χ4v) is 0.776. The summed E-state index contributed by atoms with van der Waals surface area (Å²) in [6, 6.07) is 0. The number of amides is 1. The van der Waals surface area contributed by atoms with Crippen LogP contribution in [-0.4, -0.2) is 29.7 Å². The van der Waals surface area contributed by atoms with Crippen molar-refractivity contribution in [3.05, 3.63) is 12.2 Å². The number of carbonyl (C=O) groups is 1. The molecule has 11 heavy (non-hydrogen) atoms. The molecule has 2 nitrogen and oxygen atoms in total. The van der Waals surface area contributed by atoms with Crippen LogP contribution in [0.2, 0.25) is 0 Å². The summed E-state index contributed by atoms with van der Waals surface area (Å²) >= 11 is 3.14. The van der Waals surface area contributed by atoms with Gasteiger partial charge < -0.3 is 4.90 Å². The molecule has 0 aromatic carbocycles. The molecular formula is C8H10BrNO. The van der Waals surface area contributed by atoms with Crippen LogP contribution in [-0.2, 0) is 4.79 Å². The lowest BCUT2D eigenvalue weighted by Crippen LogP contribution is -2.28. The van der Waals surface area contributed by atoms with Crippen LogP contribution in [0.4, 0.5) is 0 Å². The van der Waals surface area contributed by atoms with Gasteiger partial charge in [-0.15, -0.1) is 6.42 Å². The fourth-order valence-electron chi connectivity index (χ4n) is 0.536. The maximum absolute atomic E-state index is 11.2. The van der Waals surface area contributed by atoms with Gasteiger partial charge in [0.1, 0.15) is 0 Å². The van der Waals surface area contributed by atoms with Gasteiger partial charge in [0, 0.05) is 18.0 Å². The Morgan fingerprint density at radius 1 is 1.82 bits per heavy atom. The normalized spacial score (nSPS) is 8.45. The van der Waals surface area contributed by atoms with Crippen LogP contribution in [0.15, 0.2) is 12.2 Å². The van der Waals surface area contributed by atoms with E-state index in [4.69, 9.17) is 6.42 Å². The van der Waals surface area contributed by atoms with E-state index in [1.165, 1.54) is 4.90 Å². The molecule has 0 aliphatic heterocycles. The first-order valence-corrected chi connectivity index (χ1v) is 4.18. The number of alkyl halides is 1. The van der Waals surface area contributed by atoms with Crippen molar-refractivity contribution in [2.45, 2.75) is 0 Å². The Balaban J connectivity index is 4.04. The average molecular weight is 216 g/mol. The number of carbonyl (C=O) groups excluding carboxylic acids is 1. The largest absolute Gasteiger partial charge is 0.331 e. The summed E-state index contributed by atoms with van der Waals surface area (Å²) < 4.78 is 0. The zero-order valence-electron chi connectivity index (χ0n) is 6.43. The van der Waals surface area contributed by atoms with Crippen LogP contribution in [0.3, 0.4) is 0 Å². The average Bonchev–Trinajstić information content (AvgIpc) is 2.02. The van der Waals surface area contributed by atoms with Gasteiger partial charge in [0.2, 0.25) is 0 Å². The van der Waals surface area contributed by atoms with Crippen LogP contribution in [0.5, 0.6) is 0 Å². The molecule has 0 saturated heterocycles. The van der Waals surface area contributed by atoms with Crippen LogP contribution < -0.4 is 0 Å². The molecule has 0 aliphatic carbocycles. The van der Waals surface area contributed by atoms with E-state index in [0.717, 1.165) is 0 Å². The standard InChI is InChI=1S/C8H10BrNO/c1-4-5-10(3)8(11)7(2)6-9/h1H,2,5-6H2,3H3. The third-order valence-corrected chi connectivity index (χ3v) is 1.82. The van der Waals surface area contributed by atoms with Gasteiger partial charge in [0.05, 0.1) is 6.54 Å². The first-order chi connectivity index (χ1) is 5.13. The van der Waals surface area contributed by atoms with Gasteiger partial charge in [-0.05, 0) is 0 Å². The van der Waals surface area contributed by atoms with Gasteiger partial charge in [-0.25, -0.2) is 0 Å². The van der Waals surface area contributed by atoms with Gasteiger partial charge in [-0.3, -0.25) is 4.79 Å². The number of nitrogens with zero attached hydrogens (tertiary/aromatic N) is 1. The lowest BCUT2D eigenvalue weighted by molar-refractivity contribution is -0.125. The summed E-state index contributed by atoms with van der Waals surface area (Å²) in [6.45, 7) is 3.89. The second-order valence-electron chi connectivity index (χ2n) is 2.10. The Hall–Kier alpha value is -0.750. The first-order valence-electron chi connectivity index (χ1n) is 3.06. The summed E-state index contributed by atoms with van der Waals surface area (Å²) in [5.74, 6) is 2.26. The van der Waals surface area contributed by atoms with Crippen molar-refractivity contribution in [2.24, 2.45) is 0 Å². The number of likely N-dealkylation sites (N-methyl/N-ethyl adjacent to an activating group) is 1. The summed E-state index contributed by atoms with van der Waals surface area (Å²) in [4.78, 5) is 12.6. The van der Waals surface area contributed by atoms with Crippen molar-refractivity contribution in [3.8, 4) is 12.3 Å². The van der Waals surface area contributed by atoms with E-state index in [9.17, 15) is 4.79 Å². The Kier molecular flexibility index (Phi) is 4.64. The van der Waals surface area contributed by atoms with E-state index in [2.05, 4.69) is 28.4 Å². The minimum absolute atomic E-state index is 0.111. The second-order valence-corrected chi connectivity index (χ2v) is 2.66. The molecule has 0 N–H and O–H groups in total.